The van der Waals surface area contributed by atoms with Crippen LogP contribution < -0.4 is 0 Å². The Hall–Kier alpha value is -2.36. The van der Waals surface area contributed by atoms with Crippen molar-refractivity contribution in [3.05, 3.63) is 53.9 Å². The van der Waals surface area contributed by atoms with Crippen LogP contribution in [0.5, 0.6) is 5.75 Å². The van der Waals surface area contributed by atoms with Gasteiger partial charge < -0.3 is 5.11 Å². The average molecular weight is 256 g/mol. The number of rotatable bonds is 4. The lowest BCUT2D eigenvalue weighted by Gasteiger charge is -2.02. The summed E-state index contributed by atoms with van der Waals surface area (Å²) in [5, 5.41) is 13.5. The normalized spacial score (nSPS) is 11.3. The molecule has 0 saturated carbocycles. The molecule has 0 aliphatic rings. The number of carbonyl (C=O) groups excluding carboxylic acids is 1. The largest absolute Gasteiger partial charge is 0.508 e. The molecule has 0 aliphatic heterocycles. The Morgan fingerprint density at radius 3 is 2.84 bits per heavy atom. The van der Waals surface area contributed by atoms with Crippen LogP contribution in [-0.2, 0) is 0 Å². The Bertz CT molecular complexity index is 612. The summed E-state index contributed by atoms with van der Waals surface area (Å²) in [6, 6.07) is 6.97. The lowest BCUT2D eigenvalue weighted by atomic mass is 10.1. The van der Waals surface area contributed by atoms with Crippen molar-refractivity contribution in [2.24, 2.45) is 0 Å². The van der Waals surface area contributed by atoms with Gasteiger partial charge in [-0.2, -0.15) is 5.10 Å². The van der Waals surface area contributed by atoms with Crippen molar-refractivity contribution in [2.45, 2.75) is 19.9 Å². The van der Waals surface area contributed by atoms with Gasteiger partial charge in [-0.3, -0.25) is 9.48 Å². The lowest BCUT2D eigenvalue weighted by molar-refractivity contribution is 0.104. The fraction of sp³-hybridized carbons (Fsp3) is 0.200. The van der Waals surface area contributed by atoms with Crippen LogP contribution in [0.25, 0.3) is 6.08 Å². The van der Waals surface area contributed by atoms with Crippen molar-refractivity contribution in [3.8, 4) is 5.75 Å². The number of allylic oxidation sites excluding steroid dienone is 1. The average Bonchev–Trinajstić information content (AvgIpc) is 2.86. The number of aromatic hydroxyl groups is 1. The van der Waals surface area contributed by atoms with E-state index >= 15 is 0 Å². The van der Waals surface area contributed by atoms with E-state index < -0.39 is 0 Å². The van der Waals surface area contributed by atoms with E-state index in [-0.39, 0.29) is 17.6 Å². The van der Waals surface area contributed by atoms with Crippen molar-refractivity contribution in [2.75, 3.05) is 0 Å². The molecule has 4 heteroatoms. The number of aromatic nitrogens is 2. The summed E-state index contributed by atoms with van der Waals surface area (Å²) in [6.07, 6.45) is 6.46. The highest BCUT2D eigenvalue weighted by Crippen LogP contribution is 2.13. The molecule has 1 heterocycles. The summed E-state index contributed by atoms with van der Waals surface area (Å²) in [6.45, 7) is 4.01. The van der Waals surface area contributed by atoms with Crippen LogP contribution in [0.2, 0.25) is 0 Å². The van der Waals surface area contributed by atoms with E-state index in [0.717, 1.165) is 5.56 Å². The van der Waals surface area contributed by atoms with Crippen LogP contribution in [0.4, 0.5) is 0 Å². The van der Waals surface area contributed by atoms with E-state index in [1.54, 1.807) is 41.4 Å². The molecule has 1 aromatic carbocycles. The maximum atomic E-state index is 11.9. The van der Waals surface area contributed by atoms with Crippen LogP contribution in [0.1, 0.15) is 35.8 Å². The first-order valence-electron chi connectivity index (χ1n) is 6.12. The highest BCUT2D eigenvalue weighted by atomic mass is 16.3. The quantitative estimate of drug-likeness (QED) is 0.675. The van der Waals surface area contributed by atoms with Crippen molar-refractivity contribution in [1.29, 1.82) is 0 Å². The number of carbonyl (C=O) groups is 1. The van der Waals surface area contributed by atoms with Gasteiger partial charge in [-0.05, 0) is 37.6 Å². The second-order valence-corrected chi connectivity index (χ2v) is 4.60. The zero-order chi connectivity index (χ0) is 13.8. The summed E-state index contributed by atoms with van der Waals surface area (Å²) in [7, 11) is 0. The Morgan fingerprint density at radius 1 is 1.42 bits per heavy atom. The number of hydrogen-bond acceptors (Lipinski definition) is 3. The molecular weight excluding hydrogens is 240 g/mol. The molecule has 0 saturated heterocycles. The maximum absolute atomic E-state index is 11.9. The van der Waals surface area contributed by atoms with Crippen LogP contribution in [-0.4, -0.2) is 20.7 Å². The number of hydrogen-bond donors (Lipinski definition) is 1. The van der Waals surface area contributed by atoms with Crippen molar-refractivity contribution in [3.63, 3.8) is 0 Å². The summed E-state index contributed by atoms with van der Waals surface area (Å²) in [5.74, 6) is 0.0810. The molecule has 0 amide bonds. The third-order valence-electron chi connectivity index (χ3n) is 2.71. The Labute approximate surface area is 112 Å². The zero-order valence-corrected chi connectivity index (χ0v) is 10.9. The number of ketones is 1. The first-order chi connectivity index (χ1) is 9.06. The van der Waals surface area contributed by atoms with Gasteiger partial charge in [0.05, 0.1) is 11.8 Å². The SMILES string of the molecule is CC(C)n1cc(C(=O)/C=C/c2cccc(O)c2)cn1. The summed E-state index contributed by atoms with van der Waals surface area (Å²) < 4.78 is 1.75. The van der Waals surface area contributed by atoms with E-state index in [4.69, 9.17) is 0 Å². The van der Waals surface area contributed by atoms with Crippen LogP contribution >= 0.6 is 0 Å². The smallest absolute Gasteiger partial charge is 0.189 e. The molecule has 0 spiro atoms. The third-order valence-corrected chi connectivity index (χ3v) is 2.71. The van der Waals surface area contributed by atoms with E-state index in [1.165, 1.54) is 6.08 Å². The van der Waals surface area contributed by atoms with Crippen molar-refractivity contribution >= 4 is 11.9 Å². The monoisotopic (exact) mass is 256 g/mol. The van der Waals surface area contributed by atoms with E-state index in [2.05, 4.69) is 5.10 Å². The first-order valence-corrected chi connectivity index (χ1v) is 6.12. The molecule has 0 fully saturated rings. The van der Waals surface area contributed by atoms with E-state index in [1.807, 2.05) is 19.9 Å². The van der Waals surface area contributed by atoms with Gasteiger partial charge in [-0.25, -0.2) is 0 Å². The molecule has 2 rings (SSSR count). The predicted octanol–water partition coefficient (Wildman–Crippen LogP) is 3.07. The van der Waals surface area contributed by atoms with Crippen LogP contribution in [0.15, 0.2) is 42.7 Å². The summed E-state index contributed by atoms with van der Waals surface area (Å²) >= 11 is 0. The second kappa shape index (κ2) is 5.52. The van der Waals surface area contributed by atoms with Crippen molar-refractivity contribution in [1.82, 2.24) is 9.78 Å². The van der Waals surface area contributed by atoms with Gasteiger partial charge in [0.25, 0.3) is 0 Å². The van der Waals surface area contributed by atoms with Crippen molar-refractivity contribution < 1.29 is 9.90 Å². The summed E-state index contributed by atoms with van der Waals surface area (Å²) in [4.78, 5) is 11.9. The summed E-state index contributed by atoms with van der Waals surface area (Å²) in [5.41, 5.74) is 1.34. The molecule has 98 valence electrons. The maximum Gasteiger partial charge on any atom is 0.189 e. The minimum Gasteiger partial charge on any atom is -0.508 e. The van der Waals surface area contributed by atoms with Gasteiger partial charge in [-0.15, -0.1) is 0 Å². The van der Waals surface area contributed by atoms with E-state index in [0.29, 0.717) is 5.56 Å². The molecule has 0 atom stereocenters. The fourth-order valence-corrected chi connectivity index (χ4v) is 1.64. The third kappa shape index (κ3) is 3.31. The molecule has 1 N–H and O–H groups in total. The fourth-order valence-electron chi connectivity index (χ4n) is 1.64. The van der Waals surface area contributed by atoms with Crippen LogP contribution in [0.3, 0.4) is 0 Å². The lowest BCUT2D eigenvalue weighted by Crippen LogP contribution is -2.00. The topological polar surface area (TPSA) is 55.1 Å². The molecule has 0 bridgehead atoms. The molecule has 1 aromatic heterocycles. The zero-order valence-electron chi connectivity index (χ0n) is 10.9. The molecule has 19 heavy (non-hydrogen) atoms. The highest BCUT2D eigenvalue weighted by molar-refractivity contribution is 6.06. The molecule has 4 nitrogen and oxygen atoms in total. The Morgan fingerprint density at radius 2 is 2.21 bits per heavy atom. The highest BCUT2D eigenvalue weighted by Gasteiger charge is 2.06. The minimum atomic E-state index is -0.102. The number of benzene rings is 1. The first kappa shape index (κ1) is 13.1. The molecule has 0 radical (unpaired) electrons. The number of phenols is 1. The van der Waals surface area contributed by atoms with Gasteiger partial charge in [0.1, 0.15) is 5.75 Å². The second-order valence-electron chi connectivity index (χ2n) is 4.60. The molecule has 0 unspecified atom stereocenters. The van der Waals surface area contributed by atoms with Gasteiger partial charge in [0, 0.05) is 12.2 Å². The molecule has 0 aliphatic carbocycles. The van der Waals surface area contributed by atoms with Crippen LogP contribution in [0, 0.1) is 0 Å². The van der Waals surface area contributed by atoms with Gasteiger partial charge in [0.2, 0.25) is 0 Å². The predicted molar refractivity (Wildman–Crippen MR) is 74.1 cm³/mol. The Balaban J connectivity index is 2.12. The minimum absolute atomic E-state index is 0.102. The number of nitrogens with zero attached hydrogens (tertiary/aromatic N) is 2. The molecule has 2 aromatic rings. The molecular formula is C15H16N2O2. The standard InChI is InChI=1S/C15H16N2O2/c1-11(2)17-10-13(9-16-17)15(19)7-6-12-4-3-5-14(18)8-12/h3-11,18H,1-2H3/b7-6+. The van der Waals surface area contributed by atoms with Gasteiger partial charge >= 0.3 is 0 Å². The van der Waals surface area contributed by atoms with Gasteiger partial charge in [0.15, 0.2) is 5.78 Å². The van der Waals surface area contributed by atoms with Gasteiger partial charge in [-0.1, -0.05) is 18.2 Å². The van der Waals surface area contributed by atoms with E-state index in [9.17, 15) is 9.90 Å². The Kier molecular flexibility index (Phi) is 3.80. The number of phenolic OH excluding ortho intramolecular Hbond substituents is 1.